The Morgan fingerprint density at radius 2 is 2.00 bits per heavy atom. The molecule has 10 heteroatoms. The molecule has 0 spiro atoms. The molecule has 0 aromatic carbocycles. The summed E-state index contributed by atoms with van der Waals surface area (Å²) in [7, 11) is -3.41. The first-order chi connectivity index (χ1) is 14.1. The van der Waals surface area contributed by atoms with Crippen molar-refractivity contribution in [2.24, 2.45) is 5.92 Å². The van der Waals surface area contributed by atoms with Crippen LogP contribution < -0.4 is 0 Å². The molecule has 4 unspecified atom stereocenters. The molecule has 0 saturated carbocycles. The summed E-state index contributed by atoms with van der Waals surface area (Å²) in [5, 5.41) is 4.19. The van der Waals surface area contributed by atoms with E-state index in [0.29, 0.717) is 26.1 Å². The minimum absolute atomic E-state index is 0.0174. The Bertz CT molecular complexity index is 949. The molecule has 1 saturated heterocycles. The standard InChI is InChI=1S/C20H27F3N4O2S/c1-13(21)8-26-11-16(4-6-20(26)17-7-15(22)3-5-18(17)23)25-9-14-10-27(30(2,28)29)24-19(14)12-25/h3,5,10,13,16-17,20H,4,6-9,11-12H2,1-2H3. The quantitative estimate of drug-likeness (QED) is 0.699. The molecule has 6 nitrogen and oxygen atoms in total. The van der Waals surface area contributed by atoms with Crippen molar-refractivity contribution in [1.29, 1.82) is 0 Å². The van der Waals surface area contributed by atoms with E-state index in [1.807, 2.05) is 4.90 Å². The maximum absolute atomic E-state index is 14.4. The van der Waals surface area contributed by atoms with Crippen molar-refractivity contribution in [2.45, 2.75) is 57.5 Å². The topological polar surface area (TPSA) is 58.4 Å². The van der Waals surface area contributed by atoms with Crippen molar-refractivity contribution < 1.29 is 21.6 Å². The highest BCUT2D eigenvalue weighted by Gasteiger charge is 2.40. The second kappa shape index (κ2) is 8.12. The fourth-order valence-electron chi connectivity index (χ4n) is 4.90. The largest absolute Gasteiger partial charge is 0.295 e. The van der Waals surface area contributed by atoms with Gasteiger partial charge in [-0.3, -0.25) is 9.80 Å². The van der Waals surface area contributed by atoms with Gasteiger partial charge in [0.25, 0.3) is 10.0 Å². The first-order valence-electron chi connectivity index (χ1n) is 10.2. The third-order valence-electron chi connectivity index (χ3n) is 6.29. The summed E-state index contributed by atoms with van der Waals surface area (Å²) in [5.41, 5.74) is 1.61. The average molecular weight is 445 g/mol. The first kappa shape index (κ1) is 21.6. The molecule has 3 heterocycles. The summed E-state index contributed by atoms with van der Waals surface area (Å²) in [6.07, 6.45) is 5.39. The Morgan fingerprint density at radius 1 is 1.23 bits per heavy atom. The van der Waals surface area contributed by atoms with E-state index in [1.54, 1.807) is 6.20 Å². The van der Waals surface area contributed by atoms with Crippen molar-refractivity contribution in [1.82, 2.24) is 19.0 Å². The summed E-state index contributed by atoms with van der Waals surface area (Å²) >= 11 is 0. The molecular weight excluding hydrogens is 417 g/mol. The molecule has 1 aliphatic carbocycles. The minimum atomic E-state index is -3.41. The highest BCUT2D eigenvalue weighted by Crippen LogP contribution is 2.38. The van der Waals surface area contributed by atoms with E-state index in [4.69, 9.17) is 0 Å². The second-order valence-electron chi connectivity index (χ2n) is 8.65. The van der Waals surface area contributed by atoms with E-state index in [-0.39, 0.29) is 36.7 Å². The minimum Gasteiger partial charge on any atom is -0.295 e. The molecule has 0 radical (unpaired) electrons. The van der Waals surface area contributed by atoms with Gasteiger partial charge in [0.1, 0.15) is 17.8 Å². The molecule has 2 aliphatic heterocycles. The number of piperidine rings is 1. The number of likely N-dealkylation sites (tertiary alicyclic amines) is 1. The molecular formula is C20H27F3N4O2S. The number of nitrogens with zero attached hydrogens (tertiary/aromatic N) is 4. The molecule has 166 valence electrons. The van der Waals surface area contributed by atoms with Gasteiger partial charge in [-0.15, -0.1) is 0 Å². The Hall–Kier alpha value is -1.65. The third kappa shape index (κ3) is 4.36. The molecule has 0 bridgehead atoms. The third-order valence-corrected chi connectivity index (χ3v) is 7.16. The van der Waals surface area contributed by atoms with Gasteiger partial charge >= 0.3 is 0 Å². The van der Waals surface area contributed by atoms with E-state index in [2.05, 4.69) is 10.00 Å². The lowest BCUT2D eigenvalue weighted by Crippen LogP contribution is -2.54. The number of aromatic nitrogens is 2. The van der Waals surface area contributed by atoms with Gasteiger partial charge in [0.2, 0.25) is 0 Å². The van der Waals surface area contributed by atoms with Crippen LogP contribution in [0, 0.1) is 5.92 Å². The Balaban J connectivity index is 1.46. The number of alkyl halides is 1. The highest BCUT2D eigenvalue weighted by molar-refractivity contribution is 7.89. The maximum atomic E-state index is 14.4. The van der Waals surface area contributed by atoms with Crippen molar-refractivity contribution in [3.8, 4) is 0 Å². The Labute approximate surface area is 175 Å². The molecule has 0 N–H and O–H groups in total. The van der Waals surface area contributed by atoms with E-state index in [0.717, 1.165) is 34.1 Å². The highest BCUT2D eigenvalue weighted by atomic mass is 32.2. The van der Waals surface area contributed by atoms with Gasteiger partial charge in [-0.05, 0) is 31.9 Å². The zero-order valence-electron chi connectivity index (χ0n) is 17.1. The second-order valence-corrected chi connectivity index (χ2v) is 10.5. The number of allylic oxidation sites excluding steroid dienone is 3. The Morgan fingerprint density at radius 3 is 2.67 bits per heavy atom. The van der Waals surface area contributed by atoms with Gasteiger partial charge in [-0.2, -0.15) is 9.19 Å². The smallest absolute Gasteiger partial charge is 0.250 e. The van der Waals surface area contributed by atoms with E-state index < -0.39 is 22.1 Å². The van der Waals surface area contributed by atoms with Crippen molar-refractivity contribution in [3.05, 3.63) is 41.3 Å². The van der Waals surface area contributed by atoms with Crippen LogP contribution in [0.3, 0.4) is 0 Å². The van der Waals surface area contributed by atoms with Crippen molar-refractivity contribution >= 4 is 10.0 Å². The summed E-state index contributed by atoms with van der Waals surface area (Å²) < 4.78 is 66.5. The number of fused-ring (bicyclic) bond motifs is 1. The molecule has 1 fully saturated rings. The van der Waals surface area contributed by atoms with Crippen LogP contribution in [0.25, 0.3) is 0 Å². The van der Waals surface area contributed by atoms with Gasteiger partial charge in [0.15, 0.2) is 0 Å². The zero-order chi connectivity index (χ0) is 21.6. The SMILES string of the molecule is CC(F)CN1CC(N2Cc3cn(S(C)(=O)=O)nc3C2)CCC1C1CC(F)=CC=C1F. The average Bonchev–Trinajstić information content (AvgIpc) is 3.22. The monoisotopic (exact) mass is 444 g/mol. The molecule has 4 rings (SSSR count). The molecule has 3 aliphatic rings. The maximum Gasteiger partial charge on any atom is 0.250 e. The predicted molar refractivity (Wildman–Crippen MR) is 107 cm³/mol. The van der Waals surface area contributed by atoms with Gasteiger partial charge < -0.3 is 0 Å². The van der Waals surface area contributed by atoms with Crippen LogP contribution in [0.4, 0.5) is 13.2 Å². The lowest BCUT2D eigenvalue weighted by Gasteiger charge is -2.45. The van der Waals surface area contributed by atoms with Crippen LogP contribution in [0.5, 0.6) is 0 Å². The number of hydrogen-bond acceptors (Lipinski definition) is 5. The zero-order valence-corrected chi connectivity index (χ0v) is 18.0. The van der Waals surface area contributed by atoms with Gasteiger partial charge in [0.05, 0.1) is 11.9 Å². The van der Waals surface area contributed by atoms with Gasteiger partial charge in [-0.1, -0.05) is 0 Å². The van der Waals surface area contributed by atoms with E-state index >= 15 is 0 Å². The summed E-state index contributed by atoms with van der Waals surface area (Å²) in [5.74, 6) is -1.26. The van der Waals surface area contributed by atoms with Crippen LogP contribution in [-0.2, 0) is 23.1 Å². The predicted octanol–water partition coefficient (Wildman–Crippen LogP) is 2.92. The Kier molecular flexibility index (Phi) is 5.84. The van der Waals surface area contributed by atoms with Crippen molar-refractivity contribution in [2.75, 3.05) is 19.3 Å². The van der Waals surface area contributed by atoms with Crippen LogP contribution in [0.2, 0.25) is 0 Å². The van der Waals surface area contributed by atoms with Crippen molar-refractivity contribution in [3.63, 3.8) is 0 Å². The molecule has 1 aromatic rings. The summed E-state index contributed by atoms with van der Waals surface area (Å²) in [6, 6.07) is -0.119. The normalized spacial score (nSPS) is 29.4. The first-order valence-corrected chi connectivity index (χ1v) is 12.1. The molecule has 1 aromatic heterocycles. The van der Waals surface area contributed by atoms with Crippen LogP contribution in [0.15, 0.2) is 30.0 Å². The lowest BCUT2D eigenvalue weighted by molar-refractivity contribution is 0.0210. The molecule has 30 heavy (non-hydrogen) atoms. The van der Waals surface area contributed by atoms with Crippen LogP contribution in [-0.4, -0.2) is 65.0 Å². The van der Waals surface area contributed by atoms with Gasteiger partial charge in [-0.25, -0.2) is 21.6 Å². The summed E-state index contributed by atoms with van der Waals surface area (Å²) in [6.45, 7) is 3.32. The van der Waals surface area contributed by atoms with E-state index in [1.165, 1.54) is 13.0 Å². The summed E-state index contributed by atoms with van der Waals surface area (Å²) in [4.78, 5) is 4.17. The molecule has 4 atom stereocenters. The number of halogens is 3. The van der Waals surface area contributed by atoms with E-state index in [9.17, 15) is 21.6 Å². The van der Waals surface area contributed by atoms with Crippen LogP contribution in [0.1, 0.15) is 37.4 Å². The van der Waals surface area contributed by atoms with Crippen LogP contribution >= 0.6 is 0 Å². The number of hydrogen-bond donors (Lipinski definition) is 0. The molecule has 0 amide bonds. The fourth-order valence-corrected chi connectivity index (χ4v) is 5.46. The number of rotatable bonds is 5. The van der Waals surface area contributed by atoms with Gasteiger partial charge in [0, 0.05) is 62.4 Å². The fraction of sp³-hybridized carbons (Fsp3) is 0.650. The lowest BCUT2D eigenvalue weighted by atomic mass is 9.83.